The van der Waals surface area contributed by atoms with E-state index in [0.29, 0.717) is 11.9 Å². The fourth-order valence-corrected chi connectivity index (χ4v) is 3.67. The molecule has 2 N–H and O–H groups in total. The number of rotatable bonds is 3. The van der Waals surface area contributed by atoms with Crippen molar-refractivity contribution in [1.29, 1.82) is 0 Å². The molecule has 0 aliphatic heterocycles. The second-order valence-electron chi connectivity index (χ2n) is 6.04. The van der Waals surface area contributed by atoms with Crippen molar-refractivity contribution in [3.63, 3.8) is 0 Å². The quantitative estimate of drug-likeness (QED) is 0.867. The first-order valence-corrected chi connectivity index (χ1v) is 7.78. The van der Waals surface area contributed by atoms with Crippen LogP contribution in [0, 0.1) is 5.92 Å². The minimum Gasteiger partial charge on any atom is -0.340 e. The van der Waals surface area contributed by atoms with Crippen LogP contribution in [0.3, 0.4) is 0 Å². The second-order valence-corrected chi connectivity index (χ2v) is 6.04. The van der Waals surface area contributed by atoms with Gasteiger partial charge in [-0.05, 0) is 39.0 Å². The Kier molecular flexibility index (Phi) is 7.16. The van der Waals surface area contributed by atoms with Gasteiger partial charge in [-0.1, -0.05) is 25.7 Å². The lowest BCUT2D eigenvalue weighted by molar-refractivity contribution is -0.139. The molecule has 0 aromatic carbocycles. The van der Waals surface area contributed by atoms with Gasteiger partial charge in [0.05, 0.1) is 0 Å². The Hall–Kier alpha value is -0.280. The standard InChI is InChI=1S/C15H28N2O.ClH/c1-2-17(14-9-4-3-5-10-14)15(18)12-7-6-8-13(16)11-12;/h12-14H,2-11,16H2,1H3;1H. The molecule has 3 nitrogen and oxygen atoms in total. The molecule has 2 aliphatic carbocycles. The lowest BCUT2D eigenvalue weighted by Crippen LogP contribution is -2.46. The summed E-state index contributed by atoms with van der Waals surface area (Å²) in [5.74, 6) is 0.593. The lowest BCUT2D eigenvalue weighted by Gasteiger charge is -2.37. The van der Waals surface area contributed by atoms with Gasteiger partial charge in [0.15, 0.2) is 0 Å². The summed E-state index contributed by atoms with van der Waals surface area (Å²) in [6.07, 6.45) is 10.5. The Labute approximate surface area is 123 Å². The number of nitrogens with two attached hydrogens (primary N) is 1. The molecule has 0 radical (unpaired) electrons. The van der Waals surface area contributed by atoms with Crippen molar-refractivity contribution in [2.45, 2.75) is 76.8 Å². The largest absolute Gasteiger partial charge is 0.340 e. The van der Waals surface area contributed by atoms with Gasteiger partial charge in [-0.25, -0.2) is 0 Å². The first-order chi connectivity index (χ1) is 8.72. The molecule has 4 heteroatoms. The summed E-state index contributed by atoms with van der Waals surface area (Å²) in [6, 6.07) is 0.757. The number of carbonyl (C=O) groups excluding carboxylic acids is 1. The second kappa shape index (κ2) is 8.11. The molecule has 2 unspecified atom stereocenters. The van der Waals surface area contributed by atoms with Crippen molar-refractivity contribution >= 4 is 18.3 Å². The average Bonchev–Trinajstić information content (AvgIpc) is 2.41. The van der Waals surface area contributed by atoms with E-state index in [-0.39, 0.29) is 24.4 Å². The maximum atomic E-state index is 12.6. The van der Waals surface area contributed by atoms with Crippen LogP contribution in [0.4, 0.5) is 0 Å². The monoisotopic (exact) mass is 288 g/mol. The number of nitrogens with zero attached hydrogens (tertiary/aromatic N) is 1. The van der Waals surface area contributed by atoms with Crippen LogP contribution in [0.1, 0.15) is 64.7 Å². The van der Waals surface area contributed by atoms with Crippen LogP contribution >= 0.6 is 12.4 Å². The fourth-order valence-electron chi connectivity index (χ4n) is 3.67. The zero-order valence-electron chi connectivity index (χ0n) is 12.1. The van der Waals surface area contributed by atoms with Crippen molar-refractivity contribution in [1.82, 2.24) is 4.90 Å². The van der Waals surface area contributed by atoms with Crippen molar-refractivity contribution in [2.75, 3.05) is 6.54 Å². The van der Waals surface area contributed by atoms with E-state index in [4.69, 9.17) is 5.73 Å². The molecule has 0 bridgehead atoms. The van der Waals surface area contributed by atoms with Crippen molar-refractivity contribution in [3.05, 3.63) is 0 Å². The minimum absolute atomic E-state index is 0. The minimum atomic E-state index is 0. The smallest absolute Gasteiger partial charge is 0.225 e. The van der Waals surface area contributed by atoms with Gasteiger partial charge in [0.1, 0.15) is 0 Å². The summed E-state index contributed by atoms with van der Waals surface area (Å²) in [5.41, 5.74) is 6.01. The zero-order valence-corrected chi connectivity index (χ0v) is 13.0. The van der Waals surface area contributed by atoms with Crippen molar-refractivity contribution in [2.24, 2.45) is 11.7 Å². The van der Waals surface area contributed by atoms with E-state index in [2.05, 4.69) is 11.8 Å². The Bertz CT molecular complexity index is 279. The number of hydrogen-bond donors (Lipinski definition) is 1. The highest BCUT2D eigenvalue weighted by Crippen LogP contribution is 2.29. The van der Waals surface area contributed by atoms with Gasteiger partial charge >= 0.3 is 0 Å². The molecule has 0 aromatic heterocycles. The Morgan fingerprint density at radius 2 is 1.79 bits per heavy atom. The van der Waals surface area contributed by atoms with E-state index in [1.54, 1.807) is 0 Å². The molecule has 19 heavy (non-hydrogen) atoms. The molecule has 2 rings (SSSR count). The van der Waals surface area contributed by atoms with Crippen LogP contribution < -0.4 is 5.73 Å². The Morgan fingerprint density at radius 1 is 1.11 bits per heavy atom. The predicted octanol–water partition coefficient (Wildman–Crippen LogP) is 3.11. The van der Waals surface area contributed by atoms with E-state index in [0.717, 1.165) is 32.2 Å². The number of hydrogen-bond acceptors (Lipinski definition) is 2. The van der Waals surface area contributed by atoms with E-state index in [9.17, 15) is 4.79 Å². The molecule has 0 heterocycles. The third-order valence-electron chi connectivity index (χ3n) is 4.70. The van der Waals surface area contributed by atoms with Crippen LogP contribution in [0.15, 0.2) is 0 Å². The van der Waals surface area contributed by atoms with E-state index < -0.39 is 0 Å². The summed E-state index contributed by atoms with van der Waals surface area (Å²) >= 11 is 0. The van der Waals surface area contributed by atoms with Gasteiger partial charge in [0.2, 0.25) is 5.91 Å². The highest BCUT2D eigenvalue weighted by molar-refractivity contribution is 5.85. The third kappa shape index (κ3) is 4.35. The van der Waals surface area contributed by atoms with Crippen LogP contribution in [-0.2, 0) is 4.79 Å². The fraction of sp³-hybridized carbons (Fsp3) is 0.933. The van der Waals surface area contributed by atoms with Crippen LogP contribution in [-0.4, -0.2) is 29.4 Å². The number of carbonyl (C=O) groups is 1. The SMILES string of the molecule is CCN(C(=O)C1CCCC(N)C1)C1CCCCC1.Cl. The molecule has 1 amide bonds. The topological polar surface area (TPSA) is 46.3 Å². The van der Waals surface area contributed by atoms with Gasteiger partial charge in [-0.15, -0.1) is 12.4 Å². The maximum Gasteiger partial charge on any atom is 0.225 e. The van der Waals surface area contributed by atoms with Gasteiger partial charge in [-0.2, -0.15) is 0 Å². The Morgan fingerprint density at radius 3 is 2.37 bits per heavy atom. The first-order valence-electron chi connectivity index (χ1n) is 7.78. The van der Waals surface area contributed by atoms with E-state index in [1.807, 2.05) is 0 Å². The highest BCUT2D eigenvalue weighted by Gasteiger charge is 2.32. The van der Waals surface area contributed by atoms with Crippen molar-refractivity contribution < 1.29 is 4.79 Å². The molecule has 112 valence electrons. The zero-order chi connectivity index (χ0) is 13.0. The lowest BCUT2D eigenvalue weighted by atomic mass is 9.84. The molecule has 2 saturated carbocycles. The maximum absolute atomic E-state index is 12.6. The molecule has 0 aromatic rings. The molecule has 2 aliphatic rings. The number of halogens is 1. The van der Waals surface area contributed by atoms with Gasteiger partial charge in [0.25, 0.3) is 0 Å². The van der Waals surface area contributed by atoms with Crippen LogP contribution in [0.2, 0.25) is 0 Å². The van der Waals surface area contributed by atoms with Crippen LogP contribution in [0.5, 0.6) is 0 Å². The third-order valence-corrected chi connectivity index (χ3v) is 4.70. The Balaban J connectivity index is 0.00000180. The summed E-state index contributed by atoms with van der Waals surface area (Å²) in [5, 5.41) is 0. The number of amides is 1. The normalized spacial score (nSPS) is 28.5. The van der Waals surface area contributed by atoms with E-state index >= 15 is 0 Å². The molecular formula is C15H29ClN2O. The molecule has 0 saturated heterocycles. The van der Waals surface area contributed by atoms with Crippen molar-refractivity contribution in [3.8, 4) is 0 Å². The summed E-state index contributed by atoms with van der Waals surface area (Å²) in [7, 11) is 0. The molecule has 0 spiro atoms. The van der Waals surface area contributed by atoms with Gasteiger partial charge in [0, 0.05) is 24.5 Å². The van der Waals surface area contributed by atoms with E-state index in [1.165, 1.54) is 32.1 Å². The first kappa shape index (κ1) is 16.8. The molecular weight excluding hydrogens is 260 g/mol. The van der Waals surface area contributed by atoms with Gasteiger partial charge < -0.3 is 10.6 Å². The van der Waals surface area contributed by atoms with Gasteiger partial charge in [-0.3, -0.25) is 4.79 Å². The highest BCUT2D eigenvalue weighted by atomic mass is 35.5. The molecule has 2 atom stereocenters. The summed E-state index contributed by atoms with van der Waals surface area (Å²) < 4.78 is 0. The predicted molar refractivity (Wildman–Crippen MR) is 81.4 cm³/mol. The molecule has 2 fully saturated rings. The van der Waals surface area contributed by atoms with Crippen LogP contribution in [0.25, 0.3) is 0 Å². The summed E-state index contributed by atoms with van der Waals surface area (Å²) in [6.45, 7) is 2.99. The average molecular weight is 289 g/mol. The summed E-state index contributed by atoms with van der Waals surface area (Å²) in [4.78, 5) is 14.8.